The molecule has 154 valence electrons. The summed E-state index contributed by atoms with van der Waals surface area (Å²) < 4.78 is 27.0. The highest BCUT2D eigenvalue weighted by atomic mass is 32.2. The molecule has 29 heavy (non-hydrogen) atoms. The summed E-state index contributed by atoms with van der Waals surface area (Å²) in [7, 11) is -3.52. The lowest BCUT2D eigenvalue weighted by Crippen LogP contribution is -2.42. The summed E-state index contributed by atoms with van der Waals surface area (Å²) in [6.07, 6.45) is 4.59. The van der Waals surface area contributed by atoms with Crippen molar-refractivity contribution in [3.63, 3.8) is 0 Å². The van der Waals surface area contributed by atoms with Gasteiger partial charge in [-0.25, -0.2) is 13.8 Å². The second-order valence-corrected chi connectivity index (χ2v) is 9.82. The molecule has 0 bridgehead atoms. The molecule has 1 aliphatic rings. The highest BCUT2D eigenvalue weighted by Crippen LogP contribution is 2.24. The third-order valence-electron chi connectivity index (χ3n) is 4.99. The van der Waals surface area contributed by atoms with Crippen molar-refractivity contribution in [1.29, 1.82) is 0 Å². The summed E-state index contributed by atoms with van der Waals surface area (Å²) in [5.74, 6) is -0.412. The van der Waals surface area contributed by atoms with Gasteiger partial charge in [0.15, 0.2) is 0 Å². The van der Waals surface area contributed by atoms with Crippen molar-refractivity contribution in [2.24, 2.45) is 11.0 Å². The van der Waals surface area contributed by atoms with Crippen LogP contribution in [-0.4, -0.2) is 44.2 Å². The molecule has 0 radical (unpaired) electrons. The summed E-state index contributed by atoms with van der Waals surface area (Å²) >= 11 is 1.66. The van der Waals surface area contributed by atoms with Gasteiger partial charge in [0.25, 0.3) is 0 Å². The number of nitrogens with zero attached hydrogens (tertiary/aromatic N) is 2. The van der Waals surface area contributed by atoms with Crippen molar-refractivity contribution in [3.8, 4) is 0 Å². The number of piperidine rings is 1. The molecule has 1 N–H and O–H groups in total. The molecule has 0 unspecified atom stereocenters. The van der Waals surface area contributed by atoms with Crippen molar-refractivity contribution in [3.05, 3.63) is 59.7 Å². The molecule has 0 aromatic heterocycles. The monoisotopic (exact) mass is 431 g/mol. The zero-order valence-corrected chi connectivity index (χ0v) is 18.2. The van der Waals surface area contributed by atoms with Crippen LogP contribution in [0.1, 0.15) is 24.0 Å². The third-order valence-corrected chi connectivity index (χ3v) is 7.64. The molecule has 0 aliphatic carbocycles. The van der Waals surface area contributed by atoms with Crippen LogP contribution in [0.25, 0.3) is 0 Å². The van der Waals surface area contributed by atoms with Gasteiger partial charge in [0.1, 0.15) is 0 Å². The van der Waals surface area contributed by atoms with Crippen molar-refractivity contribution in [2.75, 3.05) is 19.3 Å². The highest BCUT2D eigenvalue weighted by Gasteiger charge is 2.31. The molecule has 1 saturated heterocycles. The van der Waals surface area contributed by atoms with Gasteiger partial charge >= 0.3 is 0 Å². The number of aryl methyl sites for hydroxylation is 1. The Bertz CT molecular complexity index is 963. The molecule has 3 rings (SSSR count). The largest absolute Gasteiger partial charge is 0.273 e. The van der Waals surface area contributed by atoms with Gasteiger partial charge in [-0.1, -0.05) is 29.8 Å². The van der Waals surface area contributed by atoms with E-state index in [0.29, 0.717) is 30.8 Å². The van der Waals surface area contributed by atoms with E-state index in [1.165, 1.54) is 9.20 Å². The van der Waals surface area contributed by atoms with Gasteiger partial charge in [0.2, 0.25) is 15.9 Å². The zero-order valence-electron chi connectivity index (χ0n) is 16.5. The first-order valence-electron chi connectivity index (χ1n) is 9.44. The predicted octanol–water partition coefficient (Wildman–Crippen LogP) is 3.27. The molecule has 0 saturated carbocycles. The van der Waals surface area contributed by atoms with E-state index in [1.54, 1.807) is 42.2 Å². The molecular weight excluding hydrogens is 406 g/mol. The predicted molar refractivity (Wildman–Crippen MR) is 117 cm³/mol. The smallest absolute Gasteiger partial charge is 0.243 e. The maximum Gasteiger partial charge on any atom is 0.243 e. The standard InChI is InChI=1S/C21H25N3O3S2/c1-16-3-9-20(10-4-16)29(26,27)24-13-11-18(12-14-24)21(25)23-22-15-17-5-7-19(28-2)8-6-17/h3-10,15,18H,11-14H2,1-2H3,(H,23,25)/b22-15-. The maximum atomic E-state index is 12.8. The Kier molecular flexibility index (Phi) is 7.10. The lowest BCUT2D eigenvalue weighted by atomic mass is 9.98. The molecule has 2 aromatic carbocycles. The van der Waals surface area contributed by atoms with Crippen LogP contribution >= 0.6 is 11.8 Å². The minimum atomic E-state index is -3.52. The number of benzene rings is 2. The molecule has 2 aromatic rings. The third kappa shape index (κ3) is 5.46. The Balaban J connectivity index is 1.52. The first kappa shape index (κ1) is 21.5. The fourth-order valence-electron chi connectivity index (χ4n) is 3.17. The number of hydrogen-bond donors (Lipinski definition) is 1. The molecule has 8 heteroatoms. The minimum absolute atomic E-state index is 0.172. The first-order chi connectivity index (χ1) is 13.9. The average molecular weight is 432 g/mol. The van der Waals surface area contributed by atoms with Gasteiger partial charge in [-0.15, -0.1) is 11.8 Å². The second kappa shape index (κ2) is 9.56. The molecule has 0 atom stereocenters. The molecule has 1 aliphatic heterocycles. The van der Waals surface area contributed by atoms with E-state index in [9.17, 15) is 13.2 Å². The second-order valence-electron chi connectivity index (χ2n) is 7.00. The van der Waals surface area contributed by atoms with Crippen LogP contribution in [0.5, 0.6) is 0 Å². The fraction of sp³-hybridized carbons (Fsp3) is 0.333. The van der Waals surface area contributed by atoms with E-state index in [2.05, 4.69) is 10.5 Å². The van der Waals surface area contributed by atoms with Gasteiger partial charge in [-0.2, -0.15) is 9.41 Å². The normalized spacial score (nSPS) is 16.2. The van der Waals surface area contributed by atoms with E-state index in [1.807, 2.05) is 37.4 Å². The number of carbonyl (C=O) groups excluding carboxylic acids is 1. The Morgan fingerprint density at radius 2 is 1.72 bits per heavy atom. The van der Waals surface area contributed by atoms with Crippen LogP contribution in [0.15, 0.2) is 63.4 Å². The fourth-order valence-corrected chi connectivity index (χ4v) is 5.05. The van der Waals surface area contributed by atoms with Gasteiger partial charge in [-0.05, 0) is 55.9 Å². The summed E-state index contributed by atoms with van der Waals surface area (Å²) in [4.78, 5) is 13.8. The molecule has 0 spiro atoms. The molecule has 6 nitrogen and oxygen atoms in total. The number of carbonyl (C=O) groups is 1. The minimum Gasteiger partial charge on any atom is -0.273 e. The Hall–Kier alpha value is -2.16. The summed E-state index contributed by atoms with van der Waals surface area (Å²) in [6, 6.07) is 14.7. The Morgan fingerprint density at radius 1 is 1.10 bits per heavy atom. The van der Waals surface area contributed by atoms with Crippen molar-refractivity contribution >= 4 is 33.9 Å². The van der Waals surface area contributed by atoms with Crippen LogP contribution in [0.4, 0.5) is 0 Å². The van der Waals surface area contributed by atoms with Crippen molar-refractivity contribution < 1.29 is 13.2 Å². The zero-order chi connectivity index (χ0) is 20.9. The van der Waals surface area contributed by atoms with Crippen molar-refractivity contribution in [2.45, 2.75) is 29.6 Å². The number of thioether (sulfide) groups is 1. The quantitative estimate of drug-likeness (QED) is 0.433. The Labute approximate surface area is 176 Å². The van der Waals surface area contributed by atoms with Gasteiger partial charge in [-0.3, -0.25) is 4.79 Å². The number of hydrazone groups is 1. The van der Waals surface area contributed by atoms with Crippen LogP contribution in [0, 0.1) is 12.8 Å². The number of amides is 1. The van der Waals surface area contributed by atoms with E-state index >= 15 is 0 Å². The lowest BCUT2D eigenvalue weighted by Gasteiger charge is -2.30. The van der Waals surface area contributed by atoms with Crippen molar-refractivity contribution in [1.82, 2.24) is 9.73 Å². The first-order valence-corrected chi connectivity index (χ1v) is 12.1. The SMILES string of the molecule is CSc1ccc(/C=N\NC(=O)C2CCN(S(=O)(=O)c3ccc(C)cc3)CC2)cc1. The van der Waals surface area contributed by atoms with Gasteiger partial charge < -0.3 is 0 Å². The van der Waals surface area contributed by atoms with Crippen LogP contribution in [0.2, 0.25) is 0 Å². The van der Waals surface area contributed by atoms with Crippen LogP contribution < -0.4 is 5.43 Å². The van der Waals surface area contributed by atoms with Crippen LogP contribution in [-0.2, 0) is 14.8 Å². The number of hydrogen-bond acceptors (Lipinski definition) is 5. The van der Waals surface area contributed by atoms with E-state index in [0.717, 1.165) is 11.1 Å². The average Bonchev–Trinajstić information content (AvgIpc) is 2.74. The van der Waals surface area contributed by atoms with Gasteiger partial charge in [0.05, 0.1) is 11.1 Å². The topological polar surface area (TPSA) is 78.8 Å². The number of rotatable bonds is 6. The molecule has 1 heterocycles. The maximum absolute atomic E-state index is 12.8. The summed E-state index contributed by atoms with van der Waals surface area (Å²) in [6.45, 7) is 2.57. The molecular formula is C21H25N3O3S2. The lowest BCUT2D eigenvalue weighted by molar-refractivity contribution is -0.126. The number of nitrogens with one attached hydrogen (secondary N) is 1. The highest BCUT2D eigenvalue weighted by molar-refractivity contribution is 7.98. The van der Waals surface area contributed by atoms with Crippen LogP contribution in [0.3, 0.4) is 0 Å². The summed E-state index contributed by atoms with van der Waals surface area (Å²) in [5.41, 5.74) is 4.50. The Morgan fingerprint density at radius 3 is 2.31 bits per heavy atom. The van der Waals surface area contributed by atoms with E-state index in [4.69, 9.17) is 0 Å². The van der Waals surface area contributed by atoms with E-state index < -0.39 is 10.0 Å². The van der Waals surface area contributed by atoms with Gasteiger partial charge in [0, 0.05) is 23.9 Å². The number of sulfonamides is 1. The molecule has 1 fully saturated rings. The van der Waals surface area contributed by atoms with E-state index in [-0.39, 0.29) is 11.8 Å². The summed E-state index contributed by atoms with van der Waals surface area (Å²) in [5, 5.41) is 4.03. The molecule has 1 amide bonds.